The summed E-state index contributed by atoms with van der Waals surface area (Å²) in [6.07, 6.45) is -8.02. The lowest BCUT2D eigenvalue weighted by Crippen LogP contribution is -2.61. The fourth-order valence-electron chi connectivity index (χ4n) is 3.32. The number of methoxy groups -OCH3 is 1. The number of carbonyl (C=O) groups excluding carboxylic acids is 2. The zero-order chi connectivity index (χ0) is 26.0. The second-order valence-corrected chi connectivity index (χ2v) is 7.42. The van der Waals surface area contributed by atoms with Gasteiger partial charge in [-0.05, 0) is 24.3 Å². The van der Waals surface area contributed by atoms with Crippen molar-refractivity contribution in [3.05, 3.63) is 35.4 Å². The molecule has 190 valence electrons. The van der Waals surface area contributed by atoms with E-state index in [1.807, 2.05) is 0 Å². The van der Waals surface area contributed by atoms with Crippen LogP contribution in [0.3, 0.4) is 0 Å². The summed E-state index contributed by atoms with van der Waals surface area (Å²) in [5.74, 6) is -7.60. The van der Waals surface area contributed by atoms with Gasteiger partial charge in [0.1, 0.15) is 12.2 Å². The van der Waals surface area contributed by atoms with Crippen molar-refractivity contribution in [2.45, 2.75) is 30.7 Å². The van der Waals surface area contributed by atoms with Gasteiger partial charge >= 0.3 is 11.9 Å². The zero-order valence-electron chi connectivity index (χ0n) is 17.9. The first kappa shape index (κ1) is 25.6. The Hall–Kier alpha value is -3.98. The van der Waals surface area contributed by atoms with Crippen LogP contribution >= 0.6 is 0 Å². The van der Waals surface area contributed by atoms with Gasteiger partial charge in [0.2, 0.25) is 0 Å². The number of ether oxygens (including phenoxy) is 4. The third kappa shape index (κ3) is 5.09. The Labute approximate surface area is 196 Å². The molecule has 1 aliphatic heterocycles. The molecule has 5 atom stereocenters. The number of rotatable bonds is 6. The number of phenols is 6. The summed E-state index contributed by atoms with van der Waals surface area (Å²) in [6, 6.07) is 3.09. The molecule has 1 aliphatic rings. The van der Waals surface area contributed by atoms with Crippen molar-refractivity contribution in [1.82, 2.24) is 0 Å². The molecule has 3 rings (SSSR count). The van der Waals surface area contributed by atoms with Crippen molar-refractivity contribution in [3.63, 3.8) is 0 Å². The van der Waals surface area contributed by atoms with Crippen LogP contribution in [0.25, 0.3) is 0 Å². The number of hydrogen-bond donors (Lipinski definition) is 8. The Kier molecular flexibility index (Phi) is 7.40. The summed E-state index contributed by atoms with van der Waals surface area (Å²) in [5.41, 5.74) is -0.894. The summed E-state index contributed by atoms with van der Waals surface area (Å²) >= 11 is 0. The first-order chi connectivity index (χ1) is 16.5. The summed E-state index contributed by atoms with van der Waals surface area (Å²) in [5, 5.41) is 77.6. The van der Waals surface area contributed by atoms with E-state index in [0.29, 0.717) is 0 Å². The van der Waals surface area contributed by atoms with Crippen molar-refractivity contribution in [2.24, 2.45) is 0 Å². The van der Waals surface area contributed by atoms with Crippen molar-refractivity contribution in [3.8, 4) is 34.5 Å². The van der Waals surface area contributed by atoms with Crippen molar-refractivity contribution in [1.29, 1.82) is 0 Å². The Bertz CT molecular complexity index is 1070. The van der Waals surface area contributed by atoms with Gasteiger partial charge in [-0.15, -0.1) is 0 Å². The van der Waals surface area contributed by atoms with Crippen molar-refractivity contribution >= 4 is 11.9 Å². The lowest BCUT2D eigenvalue weighted by Gasteiger charge is -2.42. The Morgan fingerprint density at radius 2 is 1.20 bits per heavy atom. The van der Waals surface area contributed by atoms with Crippen LogP contribution in [0.2, 0.25) is 0 Å². The molecule has 0 spiro atoms. The van der Waals surface area contributed by atoms with Crippen LogP contribution in [-0.2, 0) is 18.9 Å². The van der Waals surface area contributed by atoms with E-state index in [-0.39, 0.29) is 0 Å². The highest BCUT2D eigenvalue weighted by Gasteiger charge is 2.50. The highest BCUT2D eigenvalue weighted by Crippen LogP contribution is 2.37. The van der Waals surface area contributed by atoms with Crippen LogP contribution in [0, 0.1) is 0 Å². The highest BCUT2D eigenvalue weighted by molar-refractivity contribution is 5.92. The van der Waals surface area contributed by atoms with Crippen LogP contribution in [0.1, 0.15) is 20.7 Å². The minimum atomic E-state index is -1.77. The molecule has 0 aliphatic carbocycles. The Balaban J connectivity index is 1.93. The van der Waals surface area contributed by atoms with E-state index in [1.165, 1.54) is 0 Å². The average Bonchev–Trinajstić information content (AvgIpc) is 2.82. The van der Waals surface area contributed by atoms with Gasteiger partial charge in [-0.1, -0.05) is 0 Å². The van der Waals surface area contributed by atoms with E-state index in [0.717, 1.165) is 31.4 Å². The molecule has 0 bridgehead atoms. The van der Waals surface area contributed by atoms with E-state index in [4.69, 9.17) is 18.9 Å². The molecule has 1 heterocycles. The average molecular weight is 498 g/mol. The minimum absolute atomic E-state index is 0.440. The second kappa shape index (κ2) is 10.1. The maximum atomic E-state index is 12.7. The third-order valence-corrected chi connectivity index (χ3v) is 5.13. The standard InChI is InChI=1S/C21H22O14/c1-32-21-18(35-20(31)8-4-11(25)15(28)12(26)5-8)17(16(29)13(6-22)33-21)34-19(30)7-2-9(23)14(27)10(24)3-7/h2-5,13,16-18,21-29H,6H2,1H3/t13-,16-,17+,18-,21?/m1/s1. The molecule has 8 N–H and O–H groups in total. The number of aliphatic hydroxyl groups is 2. The number of phenolic OH excluding ortho intramolecular Hbond substituents is 6. The van der Waals surface area contributed by atoms with Crippen molar-refractivity contribution in [2.75, 3.05) is 13.7 Å². The number of esters is 2. The predicted octanol–water partition coefficient (Wildman–Crippen LogP) is -0.604. The molecule has 0 radical (unpaired) electrons. The van der Waals surface area contributed by atoms with E-state index >= 15 is 0 Å². The molecule has 35 heavy (non-hydrogen) atoms. The molecule has 0 saturated carbocycles. The molecule has 2 aromatic rings. The SMILES string of the molecule is COC1O[C@H](CO)[C@@H](O)[C@H](OC(=O)c2cc(O)c(O)c(O)c2)[C@H]1OC(=O)c1cc(O)c(O)c(O)c1. The van der Waals surface area contributed by atoms with Gasteiger partial charge in [-0.2, -0.15) is 0 Å². The largest absolute Gasteiger partial charge is 0.504 e. The molecular formula is C21H22O14. The van der Waals surface area contributed by atoms with Gasteiger partial charge in [-0.3, -0.25) is 0 Å². The van der Waals surface area contributed by atoms with Crippen LogP contribution in [0.5, 0.6) is 34.5 Å². The number of carbonyl (C=O) groups is 2. The molecule has 1 unspecified atom stereocenters. The second-order valence-electron chi connectivity index (χ2n) is 7.42. The Morgan fingerprint density at radius 1 is 0.800 bits per heavy atom. The maximum absolute atomic E-state index is 12.7. The lowest BCUT2D eigenvalue weighted by molar-refractivity contribution is -0.292. The van der Waals surface area contributed by atoms with Gasteiger partial charge in [0.15, 0.2) is 53.0 Å². The molecule has 1 fully saturated rings. The normalized spacial score (nSPS) is 24.0. The van der Waals surface area contributed by atoms with Gasteiger partial charge in [-0.25, -0.2) is 9.59 Å². The van der Waals surface area contributed by atoms with E-state index in [9.17, 15) is 50.4 Å². The summed E-state index contributed by atoms with van der Waals surface area (Å²) < 4.78 is 20.9. The zero-order valence-corrected chi connectivity index (χ0v) is 17.9. The highest BCUT2D eigenvalue weighted by atomic mass is 16.7. The number of aromatic hydroxyl groups is 6. The smallest absolute Gasteiger partial charge is 0.339 e. The predicted molar refractivity (Wildman–Crippen MR) is 110 cm³/mol. The molecule has 14 nitrogen and oxygen atoms in total. The molecular weight excluding hydrogens is 476 g/mol. The van der Waals surface area contributed by atoms with Gasteiger partial charge < -0.3 is 59.8 Å². The number of hydrogen-bond acceptors (Lipinski definition) is 14. The first-order valence-corrected chi connectivity index (χ1v) is 9.87. The fourth-order valence-corrected chi connectivity index (χ4v) is 3.32. The van der Waals surface area contributed by atoms with E-state index < -0.39 is 94.9 Å². The molecule has 14 heteroatoms. The quantitative estimate of drug-likeness (QED) is 0.183. The molecule has 0 aromatic heterocycles. The van der Waals surface area contributed by atoms with Crippen LogP contribution in [0.4, 0.5) is 0 Å². The molecule has 1 saturated heterocycles. The van der Waals surface area contributed by atoms with Gasteiger partial charge in [0.25, 0.3) is 0 Å². The molecule has 0 amide bonds. The van der Waals surface area contributed by atoms with Crippen LogP contribution in [0.15, 0.2) is 24.3 Å². The van der Waals surface area contributed by atoms with Gasteiger partial charge in [0.05, 0.1) is 17.7 Å². The summed E-state index contributed by atoms with van der Waals surface area (Å²) in [4.78, 5) is 25.4. The summed E-state index contributed by atoms with van der Waals surface area (Å²) in [6.45, 7) is -0.754. The molecule has 2 aromatic carbocycles. The minimum Gasteiger partial charge on any atom is -0.504 e. The third-order valence-electron chi connectivity index (χ3n) is 5.13. The van der Waals surface area contributed by atoms with Crippen molar-refractivity contribution < 1.29 is 69.4 Å². The fraction of sp³-hybridized carbons (Fsp3) is 0.333. The van der Waals surface area contributed by atoms with E-state index in [2.05, 4.69) is 0 Å². The topological polar surface area (TPSA) is 233 Å². The van der Waals surface area contributed by atoms with Crippen LogP contribution < -0.4 is 0 Å². The van der Waals surface area contributed by atoms with Crippen LogP contribution in [-0.4, -0.2) is 97.2 Å². The first-order valence-electron chi connectivity index (χ1n) is 9.87. The maximum Gasteiger partial charge on any atom is 0.339 e. The summed E-state index contributed by atoms with van der Waals surface area (Å²) in [7, 11) is 1.13. The van der Waals surface area contributed by atoms with E-state index in [1.54, 1.807) is 0 Å². The monoisotopic (exact) mass is 498 g/mol. The Morgan fingerprint density at radius 3 is 1.57 bits per heavy atom. The number of benzene rings is 2. The lowest BCUT2D eigenvalue weighted by atomic mass is 9.98. The van der Waals surface area contributed by atoms with Gasteiger partial charge in [0, 0.05) is 7.11 Å². The number of aliphatic hydroxyl groups excluding tert-OH is 2.